The first-order valence-electron chi connectivity index (χ1n) is 8.79. The number of nitrogens with one attached hydrogen (secondary N) is 1. The molecule has 1 amide bonds. The summed E-state index contributed by atoms with van der Waals surface area (Å²) in [4.78, 5) is 12.7. The highest BCUT2D eigenvalue weighted by Crippen LogP contribution is 2.29. The Morgan fingerprint density at radius 3 is 2.88 bits per heavy atom. The lowest BCUT2D eigenvalue weighted by Crippen LogP contribution is -2.40. The molecule has 0 unspecified atom stereocenters. The molecule has 0 fully saturated rings. The molecule has 0 aliphatic heterocycles. The van der Waals surface area contributed by atoms with E-state index in [0.717, 1.165) is 30.6 Å². The summed E-state index contributed by atoms with van der Waals surface area (Å²) in [5.41, 5.74) is 3.73. The Balaban J connectivity index is 1.69. The van der Waals surface area contributed by atoms with E-state index in [1.807, 2.05) is 44.2 Å². The summed E-state index contributed by atoms with van der Waals surface area (Å²) < 4.78 is 5.92. The summed E-state index contributed by atoms with van der Waals surface area (Å²) >= 11 is 0. The Morgan fingerprint density at radius 2 is 2.08 bits per heavy atom. The van der Waals surface area contributed by atoms with Crippen molar-refractivity contribution in [1.82, 2.24) is 5.32 Å². The fourth-order valence-electron chi connectivity index (χ4n) is 3.34. The van der Waals surface area contributed by atoms with E-state index >= 15 is 0 Å². The molecule has 1 aliphatic carbocycles. The Morgan fingerprint density at radius 1 is 1.25 bits per heavy atom. The van der Waals surface area contributed by atoms with Crippen LogP contribution in [0.5, 0.6) is 5.75 Å². The maximum absolute atomic E-state index is 12.7. The topological polar surface area (TPSA) is 38.3 Å². The minimum Gasteiger partial charge on any atom is -0.481 e. The molecule has 3 rings (SSSR count). The third-order valence-corrected chi connectivity index (χ3v) is 4.62. The van der Waals surface area contributed by atoms with Crippen LogP contribution in [0.1, 0.15) is 48.9 Å². The van der Waals surface area contributed by atoms with Gasteiger partial charge in [-0.2, -0.15) is 0 Å². The molecule has 126 valence electrons. The van der Waals surface area contributed by atoms with Crippen molar-refractivity contribution in [3.05, 3.63) is 65.2 Å². The van der Waals surface area contributed by atoms with Crippen LogP contribution in [-0.4, -0.2) is 12.0 Å². The van der Waals surface area contributed by atoms with E-state index in [4.69, 9.17) is 4.74 Å². The van der Waals surface area contributed by atoms with Gasteiger partial charge in [0, 0.05) is 0 Å². The van der Waals surface area contributed by atoms with Gasteiger partial charge in [-0.05, 0) is 61.4 Å². The van der Waals surface area contributed by atoms with Gasteiger partial charge in [-0.1, -0.05) is 43.3 Å². The van der Waals surface area contributed by atoms with E-state index in [-0.39, 0.29) is 11.9 Å². The van der Waals surface area contributed by atoms with E-state index < -0.39 is 6.10 Å². The fourth-order valence-corrected chi connectivity index (χ4v) is 3.34. The van der Waals surface area contributed by atoms with E-state index in [0.29, 0.717) is 6.42 Å². The first-order valence-corrected chi connectivity index (χ1v) is 8.79. The zero-order valence-corrected chi connectivity index (χ0v) is 14.4. The minimum absolute atomic E-state index is 0.0271. The second-order valence-corrected chi connectivity index (χ2v) is 6.48. The zero-order chi connectivity index (χ0) is 16.9. The molecule has 0 saturated carbocycles. The molecular formula is C21H25NO2. The predicted molar refractivity (Wildman–Crippen MR) is 96.1 cm³/mol. The van der Waals surface area contributed by atoms with Gasteiger partial charge in [-0.15, -0.1) is 0 Å². The molecule has 3 heteroatoms. The van der Waals surface area contributed by atoms with Crippen LogP contribution in [0.15, 0.2) is 48.5 Å². The molecule has 1 aliphatic rings. The summed E-state index contributed by atoms with van der Waals surface area (Å²) in [5.74, 6) is 0.724. The number of carbonyl (C=O) groups is 1. The van der Waals surface area contributed by atoms with Crippen LogP contribution in [0.3, 0.4) is 0 Å². The molecule has 0 bridgehead atoms. The van der Waals surface area contributed by atoms with E-state index in [1.165, 1.54) is 11.1 Å². The first kappa shape index (κ1) is 16.6. The van der Waals surface area contributed by atoms with Crippen molar-refractivity contribution in [2.75, 3.05) is 0 Å². The van der Waals surface area contributed by atoms with Crippen LogP contribution in [0.4, 0.5) is 0 Å². The maximum Gasteiger partial charge on any atom is 0.261 e. The Bertz CT molecular complexity index is 710. The maximum atomic E-state index is 12.7. The lowest BCUT2D eigenvalue weighted by atomic mass is 9.87. The van der Waals surface area contributed by atoms with Gasteiger partial charge in [-0.3, -0.25) is 4.79 Å². The van der Waals surface area contributed by atoms with E-state index in [2.05, 4.69) is 23.5 Å². The average Bonchev–Trinajstić information content (AvgIpc) is 2.60. The molecular weight excluding hydrogens is 298 g/mol. The predicted octanol–water partition coefficient (Wildman–Crippen LogP) is 4.35. The fraction of sp³-hybridized carbons (Fsp3) is 0.381. The van der Waals surface area contributed by atoms with E-state index in [1.54, 1.807) is 0 Å². The van der Waals surface area contributed by atoms with Crippen molar-refractivity contribution >= 4 is 5.91 Å². The average molecular weight is 323 g/mol. The monoisotopic (exact) mass is 323 g/mol. The molecule has 2 aromatic rings. The summed E-state index contributed by atoms with van der Waals surface area (Å²) in [5, 5.41) is 3.20. The molecule has 0 heterocycles. The summed E-state index contributed by atoms with van der Waals surface area (Å²) in [6.07, 6.45) is 3.38. The standard InChI is InChI=1S/C21H25NO2/c1-3-20(24-17-11-6-8-15(2)14-17)21(23)22-19-13-7-10-16-9-4-5-12-18(16)19/h4-6,8-9,11-12,14,19-20H,3,7,10,13H2,1-2H3,(H,22,23)/t19-,20-/m0/s1. The largest absolute Gasteiger partial charge is 0.481 e. The normalized spacial score (nSPS) is 17.7. The smallest absolute Gasteiger partial charge is 0.261 e. The summed E-state index contributed by atoms with van der Waals surface area (Å²) in [6, 6.07) is 16.3. The van der Waals surface area contributed by atoms with Gasteiger partial charge in [0.05, 0.1) is 6.04 Å². The number of rotatable bonds is 5. The third kappa shape index (κ3) is 3.78. The highest BCUT2D eigenvalue weighted by Gasteiger charge is 2.25. The van der Waals surface area contributed by atoms with Crippen LogP contribution in [0.25, 0.3) is 0 Å². The van der Waals surface area contributed by atoms with Gasteiger partial charge in [0.25, 0.3) is 5.91 Å². The molecule has 2 atom stereocenters. The number of aryl methyl sites for hydroxylation is 2. The first-order chi connectivity index (χ1) is 11.7. The van der Waals surface area contributed by atoms with Gasteiger partial charge in [0.1, 0.15) is 5.75 Å². The van der Waals surface area contributed by atoms with Crippen molar-refractivity contribution in [1.29, 1.82) is 0 Å². The Hall–Kier alpha value is -2.29. The molecule has 1 N–H and O–H groups in total. The highest BCUT2D eigenvalue weighted by molar-refractivity contribution is 5.81. The Labute approximate surface area is 144 Å². The number of benzene rings is 2. The van der Waals surface area contributed by atoms with Crippen LogP contribution in [0.2, 0.25) is 0 Å². The second-order valence-electron chi connectivity index (χ2n) is 6.48. The van der Waals surface area contributed by atoms with Crippen molar-refractivity contribution in [3.8, 4) is 5.75 Å². The minimum atomic E-state index is -0.458. The molecule has 0 spiro atoms. The SMILES string of the molecule is CC[C@H](Oc1cccc(C)c1)C(=O)N[C@H]1CCCc2ccccc21. The van der Waals surface area contributed by atoms with Gasteiger partial charge in [0.15, 0.2) is 6.10 Å². The molecule has 2 aromatic carbocycles. The lowest BCUT2D eigenvalue weighted by Gasteiger charge is -2.28. The number of carbonyl (C=O) groups excluding carboxylic acids is 1. The van der Waals surface area contributed by atoms with Crippen LogP contribution >= 0.6 is 0 Å². The lowest BCUT2D eigenvalue weighted by molar-refractivity contribution is -0.129. The molecule has 0 aromatic heterocycles. The zero-order valence-electron chi connectivity index (χ0n) is 14.4. The van der Waals surface area contributed by atoms with Crippen LogP contribution in [-0.2, 0) is 11.2 Å². The van der Waals surface area contributed by atoms with Gasteiger partial charge < -0.3 is 10.1 Å². The summed E-state index contributed by atoms with van der Waals surface area (Å²) in [6.45, 7) is 4.00. The molecule has 0 radical (unpaired) electrons. The number of hydrogen-bond donors (Lipinski definition) is 1. The van der Waals surface area contributed by atoms with Gasteiger partial charge >= 0.3 is 0 Å². The molecule has 24 heavy (non-hydrogen) atoms. The highest BCUT2D eigenvalue weighted by atomic mass is 16.5. The van der Waals surface area contributed by atoms with Crippen molar-refractivity contribution in [3.63, 3.8) is 0 Å². The second kappa shape index (κ2) is 7.52. The van der Waals surface area contributed by atoms with Crippen LogP contribution in [0, 0.1) is 6.92 Å². The van der Waals surface area contributed by atoms with Gasteiger partial charge in [0.2, 0.25) is 0 Å². The number of amides is 1. The Kier molecular flexibility index (Phi) is 5.19. The van der Waals surface area contributed by atoms with Crippen LogP contribution < -0.4 is 10.1 Å². The summed E-state index contributed by atoms with van der Waals surface area (Å²) in [7, 11) is 0. The quantitative estimate of drug-likeness (QED) is 0.888. The van der Waals surface area contributed by atoms with Crippen molar-refractivity contribution < 1.29 is 9.53 Å². The molecule has 0 saturated heterocycles. The number of ether oxygens (including phenoxy) is 1. The number of fused-ring (bicyclic) bond motifs is 1. The van der Waals surface area contributed by atoms with Gasteiger partial charge in [-0.25, -0.2) is 0 Å². The third-order valence-electron chi connectivity index (χ3n) is 4.62. The molecule has 3 nitrogen and oxygen atoms in total. The number of hydrogen-bond acceptors (Lipinski definition) is 2. The van der Waals surface area contributed by atoms with Crippen molar-refractivity contribution in [2.45, 2.75) is 51.7 Å². The van der Waals surface area contributed by atoms with Crippen molar-refractivity contribution in [2.24, 2.45) is 0 Å². The van der Waals surface area contributed by atoms with E-state index in [9.17, 15) is 4.79 Å².